The zero-order chi connectivity index (χ0) is 17.2. The second-order valence-electron chi connectivity index (χ2n) is 6.13. The van der Waals surface area contributed by atoms with E-state index >= 15 is 0 Å². The van der Waals surface area contributed by atoms with Gasteiger partial charge in [0.25, 0.3) is 0 Å². The third-order valence-corrected chi connectivity index (χ3v) is 6.16. The van der Waals surface area contributed by atoms with E-state index in [-0.39, 0.29) is 23.4 Å². The number of methoxy groups -OCH3 is 1. The number of carbonyl (C=O) groups excluding carboxylic acids is 1. The Morgan fingerprint density at radius 2 is 2.08 bits per heavy atom. The van der Waals surface area contributed by atoms with Gasteiger partial charge in [0.05, 0.1) is 24.2 Å². The van der Waals surface area contributed by atoms with Gasteiger partial charge in [-0.25, -0.2) is 18.2 Å². The molecule has 1 fully saturated rings. The first kappa shape index (κ1) is 16.7. The van der Waals surface area contributed by atoms with Gasteiger partial charge >= 0.3 is 5.97 Å². The Kier molecular flexibility index (Phi) is 4.71. The summed E-state index contributed by atoms with van der Waals surface area (Å²) in [6.45, 7) is 0.635. The minimum Gasteiger partial charge on any atom is -0.465 e. The van der Waals surface area contributed by atoms with Gasteiger partial charge in [-0.1, -0.05) is 12.1 Å². The fourth-order valence-electron chi connectivity index (χ4n) is 3.03. The van der Waals surface area contributed by atoms with E-state index in [2.05, 4.69) is 9.72 Å². The fraction of sp³-hybridized carbons (Fsp3) is 0.412. The number of sulfone groups is 1. The average molecular weight is 348 g/mol. The Morgan fingerprint density at radius 3 is 2.71 bits per heavy atom. The van der Waals surface area contributed by atoms with E-state index in [1.54, 1.807) is 18.3 Å². The van der Waals surface area contributed by atoms with E-state index in [1.807, 2.05) is 22.9 Å². The molecule has 1 aliphatic heterocycles. The van der Waals surface area contributed by atoms with Crippen LogP contribution in [0.4, 0.5) is 0 Å². The van der Waals surface area contributed by atoms with Crippen LogP contribution in [-0.2, 0) is 27.5 Å². The van der Waals surface area contributed by atoms with Gasteiger partial charge in [-0.2, -0.15) is 0 Å². The smallest absolute Gasteiger partial charge is 0.337 e. The van der Waals surface area contributed by atoms with E-state index in [1.165, 1.54) is 7.11 Å². The van der Waals surface area contributed by atoms with E-state index in [0.717, 1.165) is 11.4 Å². The molecule has 0 amide bonds. The Morgan fingerprint density at radius 1 is 1.33 bits per heavy atom. The molecule has 1 aliphatic rings. The molecular formula is C17H20N2O4S. The molecule has 0 spiro atoms. The molecule has 6 nitrogen and oxygen atoms in total. The molecule has 0 N–H and O–H groups in total. The Hall–Kier alpha value is -2.15. The van der Waals surface area contributed by atoms with Crippen molar-refractivity contribution in [1.82, 2.24) is 9.55 Å². The average Bonchev–Trinajstić information content (AvgIpc) is 3.14. The van der Waals surface area contributed by atoms with Gasteiger partial charge in [-0.15, -0.1) is 0 Å². The van der Waals surface area contributed by atoms with Crippen molar-refractivity contribution in [1.29, 1.82) is 0 Å². The molecular weight excluding hydrogens is 328 g/mol. The van der Waals surface area contributed by atoms with Crippen LogP contribution in [0, 0.1) is 5.92 Å². The van der Waals surface area contributed by atoms with Gasteiger partial charge in [-0.3, -0.25) is 0 Å². The van der Waals surface area contributed by atoms with Crippen LogP contribution in [-0.4, -0.2) is 42.6 Å². The topological polar surface area (TPSA) is 78.3 Å². The van der Waals surface area contributed by atoms with Crippen LogP contribution in [0.3, 0.4) is 0 Å². The lowest BCUT2D eigenvalue weighted by molar-refractivity contribution is 0.0600. The van der Waals surface area contributed by atoms with E-state index < -0.39 is 9.84 Å². The molecule has 0 saturated carbocycles. The summed E-state index contributed by atoms with van der Waals surface area (Å²) in [5, 5.41) is 0. The first-order chi connectivity index (χ1) is 11.5. The highest BCUT2D eigenvalue weighted by molar-refractivity contribution is 7.91. The van der Waals surface area contributed by atoms with Crippen LogP contribution >= 0.6 is 0 Å². The fourth-order valence-corrected chi connectivity index (χ4v) is 4.89. The number of hydrogen-bond acceptors (Lipinski definition) is 5. The number of hydrogen-bond donors (Lipinski definition) is 0. The third-order valence-electron chi connectivity index (χ3n) is 4.33. The lowest BCUT2D eigenvalue weighted by Crippen LogP contribution is -2.12. The molecule has 2 heterocycles. The van der Waals surface area contributed by atoms with Crippen LogP contribution in [0.2, 0.25) is 0 Å². The molecule has 7 heteroatoms. The normalized spacial score (nSPS) is 19.3. The molecule has 1 atom stereocenters. The Bertz CT molecular complexity index is 825. The molecule has 1 saturated heterocycles. The van der Waals surface area contributed by atoms with E-state index in [0.29, 0.717) is 24.9 Å². The summed E-state index contributed by atoms with van der Waals surface area (Å²) >= 11 is 0. The maximum atomic E-state index is 11.6. The van der Waals surface area contributed by atoms with Crippen molar-refractivity contribution in [2.45, 2.75) is 19.4 Å². The SMILES string of the molecule is COC(=O)c1ccc(Cn2ccnc2CC2CCS(=O)(=O)C2)cc1. The number of carbonyl (C=O) groups is 1. The number of benzene rings is 1. The summed E-state index contributed by atoms with van der Waals surface area (Å²) < 4.78 is 29.9. The number of imidazole rings is 1. The van der Waals surface area contributed by atoms with Gasteiger partial charge in [0.1, 0.15) is 5.82 Å². The predicted molar refractivity (Wildman–Crippen MR) is 89.6 cm³/mol. The van der Waals surface area contributed by atoms with E-state index in [4.69, 9.17) is 0 Å². The highest BCUT2D eigenvalue weighted by Crippen LogP contribution is 2.22. The number of aromatic nitrogens is 2. The molecule has 24 heavy (non-hydrogen) atoms. The highest BCUT2D eigenvalue weighted by atomic mass is 32.2. The maximum Gasteiger partial charge on any atom is 0.337 e. The molecule has 0 radical (unpaired) electrons. The Balaban J connectivity index is 1.68. The highest BCUT2D eigenvalue weighted by Gasteiger charge is 2.28. The van der Waals surface area contributed by atoms with Crippen molar-refractivity contribution in [2.24, 2.45) is 5.92 Å². The van der Waals surface area contributed by atoms with Crippen molar-refractivity contribution in [3.63, 3.8) is 0 Å². The van der Waals surface area contributed by atoms with Gasteiger partial charge in [0.2, 0.25) is 0 Å². The van der Waals surface area contributed by atoms with Crippen LogP contribution in [0.25, 0.3) is 0 Å². The van der Waals surface area contributed by atoms with Crippen LogP contribution < -0.4 is 0 Å². The summed E-state index contributed by atoms with van der Waals surface area (Å²) in [6.07, 6.45) is 5.02. The summed E-state index contributed by atoms with van der Waals surface area (Å²) in [5.74, 6) is 1.24. The van der Waals surface area contributed by atoms with Crippen LogP contribution in [0.1, 0.15) is 28.2 Å². The molecule has 0 aliphatic carbocycles. The molecule has 128 valence electrons. The van der Waals surface area contributed by atoms with Crippen molar-refractivity contribution in [3.05, 3.63) is 53.6 Å². The zero-order valence-electron chi connectivity index (χ0n) is 13.5. The number of rotatable bonds is 5. The first-order valence-electron chi connectivity index (χ1n) is 7.84. The van der Waals surface area contributed by atoms with Crippen LogP contribution in [0.5, 0.6) is 0 Å². The summed E-state index contributed by atoms with van der Waals surface area (Å²) in [4.78, 5) is 15.8. The van der Waals surface area contributed by atoms with Crippen molar-refractivity contribution >= 4 is 15.8 Å². The molecule has 1 unspecified atom stereocenters. The number of nitrogens with zero attached hydrogens (tertiary/aromatic N) is 2. The number of esters is 1. The number of ether oxygens (including phenoxy) is 1. The third kappa shape index (κ3) is 3.84. The lowest BCUT2D eigenvalue weighted by Gasteiger charge is -2.11. The largest absolute Gasteiger partial charge is 0.465 e. The minimum atomic E-state index is -2.87. The minimum absolute atomic E-state index is 0.151. The molecule has 1 aromatic heterocycles. The summed E-state index contributed by atoms with van der Waals surface area (Å²) in [5.41, 5.74) is 1.56. The van der Waals surface area contributed by atoms with Crippen LogP contribution in [0.15, 0.2) is 36.7 Å². The summed E-state index contributed by atoms with van der Waals surface area (Å²) in [7, 11) is -1.51. The van der Waals surface area contributed by atoms with Gasteiger partial charge < -0.3 is 9.30 Å². The predicted octanol–water partition coefficient (Wildman–Crippen LogP) is 1.70. The molecule has 3 rings (SSSR count). The standard InChI is InChI=1S/C17H20N2O4S/c1-23-17(20)15-4-2-13(3-5-15)11-19-8-7-18-16(19)10-14-6-9-24(21,22)12-14/h2-5,7-8,14H,6,9-12H2,1H3. The lowest BCUT2D eigenvalue weighted by atomic mass is 10.0. The molecule has 1 aromatic carbocycles. The Labute approximate surface area is 141 Å². The monoisotopic (exact) mass is 348 g/mol. The van der Waals surface area contributed by atoms with Gasteiger partial charge in [0, 0.05) is 25.4 Å². The summed E-state index contributed by atoms with van der Waals surface area (Å²) in [6, 6.07) is 7.24. The quantitative estimate of drug-likeness (QED) is 0.769. The van der Waals surface area contributed by atoms with Crippen molar-refractivity contribution < 1.29 is 17.9 Å². The van der Waals surface area contributed by atoms with E-state index in [9.17, 15) is 13.2 Å². The van der Waals surface area contributed by atoms with Gasteiger partial charge in [0.15, 0.2) is 9.84 Å². The van der Waals surface area contributed by atoms with Crippen molar-refractivity contribution in [3.8, 4) is 0 Å². The molecule has 0 bridgehead atoms. The second-order valence-corrected chi connectivity index (χ2v) is 8.36. The maximum absolute atomic E-state index is 11.6. The van der Waals surface area contributed by atoms with Gasteiger partial charge in [-0.05, 0) is 30.0 Å². The zero-order valence-corrected chi connectivity index (χ0v) is 14.3. The molecule has 2 aromatic rings. The first-order valence-corrected chi connectivity index (χ1v) is 9.66. The second kappa shape index (κ2) is 6.76. The van der Waals surface area contributed by atoms with Crippen molar-refractivity contribution in [2.75, 3.05) is 18.6 Å².